The van der Waals surface area contributed by atoms with Crippen molar-refractivity contribution in [3.63, 3.8) is 0 Å². The normalized spacial score (nSPS) is 19.9. The average molecular weight is 331 g/mol. The maximum Gasteiger partial charge on any atom is 0.278 e. The van der Waals surface area contributed by atoms with Gasteiger partial charge in [0, 0.05) is 47.1 Å². The first kappa shape index (κ1) is 25.3. The number of fused-ring (bicyclic) bond motifs is 1. The molecule has 1 aliphatic rings. The van der Waals surface area contributed by atoms with E-state index in [2.05, 4.69) is 0 Å². The molecule has 0 heterocycles. The molecule has 21 heavy (non-hydrogen) atoms. The van der Waals surface area contributed by atoms with Crippen molar-refractivity contribution in [3.05, 3.63) is 35.4 Å². The van der Waals surface area contributed by atoms with Gasteiger partial charge in [-0.25, -0.2) is 0 Å². The maximum atomic E-state index is 12.0. The second-order valence-corrected chi connectivity index (χ2v) is 6.03. The van der Waals surface area contributed by atoms with Gasteiger partial charge >= 0.3 is 0 Å². The molecular weight excluding hydrogens is 315 g/mol. The molecule has 1 radical (unpaired) electrons. The predicted molar refractivity (Wildman–Crippen MR) is 76.3 cm³/mol. The number of Topliss-reactive ketones (excluding diaryl/α,β-unsaturated/α-hetero) is 2. The first-order valence-corrected chi connectivity index (χ1v) is 6.35. The van der Waals surface area contributed by atoms with Crippen molar-refractivity contribution in [1.82, 2.24) is 0 Å². The molecule has 1 aromatic rings. The Balaban J connectivity index is -0.000000810. The summed E-state index contributed by atoms with van der Waals surface area (Å²) in [6.45, 7) is 1.07. The van der Waals surface area contributed by atoms with Gasteiger partial charge in [-0.2, -0.15) is 8.42 Å². The van der Waals surface area contributed by atoms with Crippen LogP contribution in [-0.2, 0) is 10.1 Å². The molecular formula is C11H16NaO8S. The molecule has 0 saturated carbocycles. The largest absolute Gasteiger partial charge is 0.412 e. The van der Waals surface area contributed by atoms with Crippen LogP contribution < -0.4 is 0 Å². The van der Waals surface area contributed by atoms with Gasteiger partial charge in [-0.15, -0.1) is 0 Å². The fourth-order valence-electron chi connectivity index (χ4n) is 1.90. The average Bonchev–Trinajstić information content (AvgIpc) is 2.25. The molecule has 0 aliphatic heterocycles. The second kappa shape index (κ2) is 8.11. The SMILES string of the molecule is CC1(S(=O)(=O)O)CC(=O)c2ccccc2C1=O.O.O.O.[Na]. The monoisotopic (exact) mass is 331 g/mol. The molecule has 10 heteroatoms. The van der Waals surface area contributed by atoms with Crippen LogP contribution >= 0.6 is 0 Å². The molecule has 8 nitrogen and oxygen atoms in total. The molecule has 7 N–H and O–H groups in total. The van der Waals surface area contributed by atoms with Crippen molar-refractivity contribution in [2.45, 2.75) is 18.1 Å². The Kier molecular flexibility index (Phi) is 9.77. The summed E-state index contributed by atoms with van der Waals surface area (Å²) in [4.78, 5) is 23.8. The number of hydrogen-bond donors (Lipinski definition) is 1. The molecule has 115 valence electrons. The Morgan fingerprint density at radius 1 is 1.05 bits per heavy atom. The fourth-order valence-corrected chi connectivity index (χ4v) is 2.56. The van der Waals surface area contributed by atoms with E-state index in [4.69, 9.17) is 4.55 Å². The topological polar surface area (TPSA) is 183 Å². The molecule has 0 fully saturated rings. The van der Waals surface area contributed by atoms with E-state index in [-0.39, 0.29) is 57.1 Å². The van der Waals surface area contributed by atoms with Gasteiger partial charge in [0.25, 0.3) is 10.1 Å². The molecule has 0 amide bonds. The van der Waals surface area contributed by atoms with Crippen LogP contribution in [0.2, 0.25) is 0 Å². The van der Waals surface area contributed by atoms with Crippen molar-refractivity contribution in [2.75, 3.05) is 0 Å². The minimum Gasteiger partial charge on any atom is -0.412 e. The van der Waals surface area contributed by atoms with E-state index in [1.807, 2.05) is 0 Å². The van der Waals surface area contributed by atoms with Gasteiger partial charge in [-0.05, 0) is 6.92 Å². The van der Waals surface area contributed by atoms with Crippen molar-refractivity contribution < 1.29 is 39.0 Å². The van der Waals surface area contributed by atoms with Gasteiger partial charge in [-0.3, -0.25) is 14.1 Å². The van der Waals surface area contributed by atoms with E-state index >= 15 is 0 Å². The summed E-state index contributed by atoms with van der Waals surface area (Å²) in [5.74, 6) is -1.20. The zero-order chi connectivity index (χ0) is 12.8. The Hall–Kier alpha value is -0.650. The molecule has 1 aromatic carbocycles. The molecule has 1 atom stereocenters. The van der Waals surface area contributed by atoms with E-state index < -0.39 is 32.9 Å². The number of hydrogen-bond acceptors (Lipinski definition) is 4. The molecule has 0 saturated heterocycles. The Labute approximate surface area is 143 Å². The zero-order valence-electron chi connectivity index (χ0n) is 11.5. The van der Waals surface area contributed by atoms with E-state index in [1.54, 1.807) is 12.1 Å². The van der Waals surface area contributed by atoms with Gasteiger partial charge in [0.15, 0.2) is 16.3 Å². The number of carbonyl (C=O) groups is 2. The van der Waals surface area contributed by atoms with Crippen LogP contribution in [0.5, 0.6) is 0 Å². The van der Waals surface area contributed by atoms with Crippen LogP contribution in [0.1, 0.15) is 34.1 Å². The Bertz CT molecular complexity index is 627. The van der Waals surface area contributed by atoms with Crippen molar-refractivity contribution in [1.29, 1.82) is 0 Å². The fraction of sp³-hybridized carbons (Fsp3) is 0.273. The van der Waals surface area contributed by atoms with Gasteiger partial charge < -0.3 is 16.4 Å². The first-order chi connectivity index (χ1) is 7.77. The van der Waals surface area contributed by atoms with Gasteiger partial charge in [-0.1, -0.05) is 24.3 Å². The summed E-state index contributed by atoms with van der Waals surface area (Å²) in [7, 11) is -4.62. The van der Waals surface area contributed by atoms with Gasteiger partial charge in [0.1, 0.15) is 0 Å². The number of ketones is 2. The molecule has 2 rings (SSSR count). The summed E-state index contributed by atoms with van der Waals surface area (Å²) in [5.41, 5.74) is 0.252. The number of benzene rings is 1. The van der Waals surface area contributed by atoms with E-state index in [0.717, 1.165) is 6.92 Å². The molecule has 1 unspecified atom stereocenters. The Morgan fingerprint density at radius 2 is 1.48 bits per heavy atom. The molecule has 0 bridgehead atoms. The van der Waals surface area contributed by atoms with Crippen LogP contribution in [0, 0.1) is 0 Å². The Morgan fingerprint density at radius 3 is 1.90 bits per heavy atom. The summed E-state index contributed by atoms with van der Waals surface area (Å²) in [6.07, 6.45) is -0.526. The summed E-state index contributed by atoms with van der Waals surface area (Å²) < 4.78 is 29.6. The second-order valence-electron chi connectivity index (χ2n) is 4.18. The summed E-state index contributed by atoms with van der Waals surface area (Å²) in [6, 6.07) is 6.00. The quantitative estimate of drug-likeness (QED) is 0.471. The third kappa shape index (κ3) is 3.96. The minimum absolute atomic E-state index is 0. The van der Waals surface area contributed by atoms with Crippen LogP contribution in [0.25, 0.3) is 0 Å². The smallest absolute Gasteiger partial charge is 0.278 e. The molecule has 0 aromatic heterocycles. The number of rotatable bonds is 1. The van der Waals surface area contributed by atoms with E-state index in [1.165, 1.54) is 12.1 Å². The van der Waals surface area contributed by atoms with Crippen LogP contribution in [-0.4, -0.2) is 75.3 Å². The van der Waals surface area contributed by atoms with E-state index in [9.17, 15) is 18.0 Å². The number of carbonyl (C=O) groups excluding carboxylic acids is 2. The third-order valence-corrected chi connectivity index (χ3v) is 4.49. The third-order valence-electron chi connectivity index (χ3n) is 3.02. The van der Waals surface area contributed by atoms with Crippen molar-refractivity contribution >= 4 is 51.2 Å². The molecule has 1 aliphatic carbocycles. The van der Waals surface area contributed by atoms with E-state index in [0.29, 0.717) is 0 Å². The van der Waals surface area contributed by atoms with Crippen LogP contribution in [0.15, 0.2) is 24.3 Å². The van der Waals surface area contributed by atoms with Gasteiger partial charge in [0.05, 0.1) is 0 Å². The zero-order valence-corrected chi connectivity index (χ0v) is 14.3. The van der Waals surface area contributed by atoms with Crippen LogP contribution in [0.3, 0.4) is 0 Å². The van der Waals surface area contributed by atoms with Crippen molar-refractivity contribution in [2.24, 2.45) is 0 Å². The van der Waals surface area contributed by atoms with Crippen molar-refractivity contribution in [3.8, 4) is 0 Å². The summed E-state index contributed by atoms with van der Waals surface area (Å²) >= 11 is 0. The molecule has 0 spiro atoms. The standard InChI is InChI=1S/C11H10O5S.Na.3H2O/c1-11(17(14,15)16)6-9(12)7-4-2-3-5-8(7)10(11)13;;;;/h2-5H,6H2,1H3,(H,14,15,16);;3*1H2. The van der Waals surface area contributed by atoms with Crippen LogP contribution in [0.4, 0.5) is 0 Å². The van der Waals surface area contributed by atoms with Gasteiger partial charge in [0.2, 0.25) is 0 Å². The summed E-state index contributed by atoms with van der Waals surface area (Å²) in [5, 5.41) is 0. The predicted octanol–water partition coefficient (Wildman–Crippen LogP) is -1.75. The maximum absolute atomic E-state index is 12.0. The minimum atomic E-state index is -4.62. The first-order valence-electron chi connectivity index (χ1n) is 4.91.